The Bertz CT molecular complexity index is 936. The number of hydrogen-bond donors (Lipinski definition) is 1. The third-order valence-electron chi connectivity index (χ3n) is 4.25. The maximum atomic E-state index is 12.6. The molecule has 3 aromatic carbocycles. The Morgan fingerprint density at radius 2 is 1.50 bits per heavy atom. The van der Waals surface area contributed by atoms with Crippen LogP contribution < -0.4 is 5.32 Å². The third-order valence-corrected chi connectivity index (χ3v) is 4.25. The Balaban J connectivity index is 1.89. The van der Waals surface area contributed by atoms with Gasteiger partial charge in [-0.1, -0.05) is 48.0 Å². The molecular formula is C23H22N2O. The summed E-state index contributed by atoms with van der Waals surface area (Å²) in [5, 5.41) is 2.91. The normalized spacial score (nSPS) is 10.9. The first kappa shape index (κ1) is 17.6. The van der Waals surface area contributed by atoms with Crippen molar-refractivity contribution in [2.24, 2.45) is 4.99 Å². The largest absolute Gasteiger partial charge is 0.322 e. The van der Waals surface area contributed by atoms with Crippen LogP contribution in [0.3, 0.4) is 0 Å². The molecule has 3 aromatic rings. The number of aryl methyl sites for hydroxylation is 3. The third kappa shape index (κ3) is 4.06. The first-order valence-electron chi connectivity index (χ1n) is 8.62. The zero-order valence-corrected chi connectivity index (χ0v) is 15.3. The number of carbonyl (C=O) groups excluding carboxylic acids is 1. The zero-order valence-electron chi connectivity index (χ0n) is 15.3. The molecule has 0 aliphatic carbocycles. The Labute approximate surface area is 154 Å². The van der Waals surface area contributed by atoms with Crippen molar-refractivity contribution in [3.05, 3.63) is 94.5 Å². The summed E-state index contributed by atoms with van der Waals surface area (Å²) in [6, 6.07) is 21.1. The fourth-order valence-electron chi connectivity index (χ4n) is 3.03. The Hall–Kier alpha value is -3.20. The van der Waals surface area contributed by atoms with Crippen LogP contribution >= 0.6 is 0 Å². The Morgan fingerprint density at radius 1 is 0.885 bits per heavy atom. The second kappa shape index (κ2) is 7.79. The maximum Gasteiger partial charge on any atom is 0.257 e. The summed E-state index contributed by atoms with van der Waals surface area (Å²) in [7, 11) is 0. The SMILES string of the molecule is Cc1cc(C)c(C=Nc2ccccc2C(=O)Nc2ccccc2)c(C)c1. The van der Waals surface area contributed by atoms with Crippen molar-refractivity contribution >= 4 is 23.5 Å². The molecule has 1 N–H and O–H groups in total. The number of rotatable bonds is 4. The lowest BCUT2D eigenvalue weighted by Gasteiger charge is -2.09. The van der Waals surface area contributed by atoms with E-state index < -0.39 is 0 Å². The maximum absolute atomic E-state index is 12.6. The molecule has 0 radical (unpaired) electrons. The summed E-state index contributed by atoms with van der Waals surface area (Å²) >= 11 is 0. The molecule has 3 heteroatoms. The lowest BCUT2D eigenvalue weighted by atomic mass is 10.0. The van der Waals surface area contributed by atoms with E-state index in [4.69, 9.17) is 0 Å². The quantitative estimate of drug-likeness (QED) is 0.615. The number of nitrogens with zero attached hydrogens (tertiary/aromatic N) is 1. The van der Waals surface area contributed by atoms with Crippen LogP contribution in [0, 0.1) is 20.8 Å². The number of benzene rings is 3. The van der Waals surface area contributed by atoms with Gasteiger partial charge in [0.25, 0.3) is 5.91 Å². The molecule has 0 bridgehead atoms. The minimum atomic E-state index is -0.165. The van der Waals surface area contributed by atoms with E-state index in [0.29, 0.717) is 11.3 Å². The Kier molecular flexibility index (Phi) is 5.28. The Morgan fingerprint density at radius 3 is 2.19 bits per heavy atom. The van der Waals surface area contributed by atoms with Crippen molar-refractivity contribution < 1.29 is 4.79 Å². The van der Waals surface area contributed by atoms with E-state index in [-0.39, 0.29) is 5.91 Å². The number of nitrogens with one attached hydrogen (secondary N) is 1. The van der Waals surface area contributed by atoms with E-state index >= 15 is 0 Å². The molecule has 1 amide bonds. The number of hydrogen-bond acceptors (Lipinski definition) is 2. The van der Waals surface area contributed by atoms with E-state index in [1.165, 1.54) is 16.7 Å². The van der Waals surface area contributed by atoms with Gasteiger partial charge in [-0.25, -0.2) is 0 Å². The fraction of sp³-hybridized carbons (Fsp3) is 0.130. The summed E-state index contributed by atoms with van der Waals surface area (Å²) in [5.41, 5.74) is 6.65. The minimum Gasteiger partial charge on any atom is -0.322 e. The van der Waals surface area contributed by atoms with Crippen molar-refractivity contribution in [2.45, 2.75) is 20.8 Å². The molecule has 3 rings (SSSR count). The van der Waals surface area contributed by atoms with Gasteiger partial charge in [0.2, 0.25) is 0 Å². The number of anilines is 1. The molecular weight excluding hydrogens is 320 g/mol. The zero-order chi connectivity index (χ0) is 18.5. The van der Waals surface area contributed by atoms with Gasteiger partial charge in [0.15, 0.2) is 0 Å². The van der Waals surface area contributed by atoms with E-state index in [0.717, 1.165) is 11.3 Å². The fourth-order valence-corrected chi connectivity index (χ4v) is 3.03. The van der Waals surface area contributed by atoms with E-state index in [2.05, 4.69) is 43.2 Å². The van der Waals surface area contributed by atoms with Crippen molar-refractivity contribution in [2.75, 3.05) is 5.32 Å². The number of amides is 1. The molecule has 0 saturated heterocycles. The van der Waals surface area contributed by atoms with Crippen molar-refractivity contribution in [1.29, 1.82) is 0 Å². The van der Waals surface area contributed by atoms with Crippen molar-refractivity contribution in [3.63, 3.8) is 0 Å². The van der Waals surface area contributed by atoms with Crippen LogP contribution in [-0.4, -0.2) is 12.1 Å². The lowest BCUT2D eigenvalue weighted by molar-refractivity contribution is 0.102. The predicted octanol–water partition coefficient (Wildman–Crippen LogP) is 5.61. The monoisotopic (exact) mass is 342 g/mol. The number of aliphatic imine (C=N–C) groups is 1. The average Bonchev–Trinajstić information content (AvgIpc) is 2.62. The molecule has 0 aliphatic heterocycles. The van der Waals surface area contributed by atoms with E-state index in [9.17, 15) is 4.79 Å². The first-order chi connectivity index (χ1) is 12.5. The first-order valence-corrected chi connectivity index (χ1v) is 8.62. The summed E-state index contributed by atoms with van der Waals surface area (Å²) in [6.07, 6.45) is 1.85. The molecule has 3 nitrogen and oxygen atoms in total. The molecule has 26 heavy (non-hydrogen) atoms. The summed E-state index contributed by atoms with van der Waals surface area (Å²) in [4.78, 5) is 17.2. The van der Waals surface area contributed by atoms with Gasteiger partial charge in [0, 0.05) is 11.9 Å². The molecule has 0 atom stereocenters. The van der Waals surface area contributed by atoms with E-state index in [1.807, 2.05) is 54.7 Å². The highest BCUT2D eigenvalue weighted by Gasteiger charge is 2.10. The molecule has 0 aromatic heterocycles. The molecule has 0 heterocycles. The molecule has 0 unspecified atom stereocenters. The minimum absolute atomic E-state index is 0.165. The second-order valence-electron chi connectivity index (χ2n) is 6.41. The highest BCUT2D eigenvalue weighted by Crippen LogP contribution is 2.22. The lowest BCUT2D eigenvalue weighted by Crippen LogP contribution is -2.11. The van der Waals surface area contributed by atoms with Gasteiger partial charge in [0.1, 0.15) is 0 Å². The standard InChI is InChI=1S/C23H22N2O/c1-16-13-17(2)21(18(3)14-16)15-24-22-12-8-7-11-20(22)23(26)25-19-9-5-4-6-10-19/h4-15H,1-3H3,(H,25,26). The van der Waals surface area contributed by atoms with E-state index in [1.54, 1.807) is 6.07 Å². The topological polar surface area (TPSA) is 41.5 Å². The highest BCUT2D eigenvalue weighted by molar-refractivity contribution is 6.08. The molecule has 0 spiro atoms. The van der Waals surface area contributed by atoms with Crippen LogP contribution in [0.2, 0.25) is 0 Å². The van der Waals surface area contributed by atoms with Crippen LogP contribution in [0.25, 0.3) is 0 Å². The van der Waals surface area contributed by atoms with Crippen molar-refractivity contribution in [3.8, 4) is 0 Å². The average molecular weight is 342 g/mol. The van der Waals surface area contributed by atoms with Crippen LogP contribution in [0.4, 0.5) is 11.4 Å². The van der Waals surface area contributed by atoms with Gasteiger partial charge in [-0.15, -0.1) is 0 Å². The summed E-state index contributed by atoms with van der Waals surface area (Å²) < 4.78 is 0. The van der Waals surface area contributed by atoms with Gasteiger partial charge >= 0.3 is 0 Å². The van der Waals surface area contributed by atoms with Gasteiger partial charge in [0.05, 0.1) is 11.3 Å². The summed E-state index contributed by atoms with van der Waals surface area (Å²) in [6.45, 7) is 6.24. The van der Waals surface area contributed by atoms with Crippen molar-refractivity contribution in [1.82, 2.24) is 0 Å². The predicted molar refractivity (Wildman–Crippen MR) is 109 cm³/mol. The number of para-hydroxylation sites is 2. The van der Waals surface area contributed by atoms with Crippen LogP contribution in [-0.2, 0) is 0 Å². The second-order valence-corrected chi connectivity index (χ2v) is 6.41. The van der Waals surface area contributed by atoms with Crippen LogP contribution in [0.1, 0.15) is 32.6 Å². The van der Waals surface area contributed by atoms with Crippen LogP contribution in [0.15, 0.2) is 71.7 Å². The van der Waals surface area contributed by atoms with Gasteiger partial charge in [-0.3, -0.25) is 9.79 Å². The van der Waals surface area contributed by atoms with Gasteiger partial charge < -0.3 is 5.32 Å². The molecule has 0 saturated carbocycles. The molecule has 0 aliphatic rings. The molecule has 130 valence electrons. The van der Waals surface area contributed by atoms with Crippen LogP contribution in [0.5, 0.6) is 0 Å². The highest BCUT2D eigenvalue weighted by atomic mass is 16.1. The van der Waals surface area contributed by atoms with Gasteiger partial charge in [-0.05, 0) is 61.7 Å². The number of carbonyl (C=O) groups is 1. The smallest absolute Gasteiger partial charge is 0.257 e. The van der Waals surface area contributed by atoms with Gasteiger partial charge in [-0.2, -0.15) is 0 Å². The summed E-state index contributed by atoms with van der Waals surface area (Å²) in [5.74, 6) is -0.165. The molecule has 0 fully saturated rings.